The summed E-state index contributed by atoms with van der Waals surface area (Å²) in [5.41, 5.74) is 4.33. The maximum atomic E-state index is 12.5. The summed E-state index contributed by atoms with van der Waals surface area (Å²) in [7, 11) is 4.13. The van der Waals surface area contributed by atoms with Crippen molar-refractivity contribution >= 4 is 28.8 Å². The molecule has 1 aliphatic rings. The van der Waals surface area contributed by atoms with Crippen LogP contribution >= 0.6 is 11.6 Å². The predicted molar refractivity (Wildman–Crippen MR) is 114 cm³/mol. The zero-order valence-electron chi connectivity index (χ0n) is 16.2. The Morgan fingerprint density at radius 2 is 1.81 bits per heavy atom. The minimum atomic E-state index is 0.233. The highest BCUT2D eigenvalue weighted by atomic mass is 35.5. The average Bonchev–Trinajstić information content (AvgIpc) is 2.95. The molecule has 144 valence electrons. The zero-order chi connectivity index (χ0) is 19.2. The molecule has 1 N–H and O–H groups in total. The summed E-state index contributed by atoms with van der Waals surface area (Å²) in [6.45, 7) is 2.70. The predicted octanol–water partition coefficient (Wildman–Crippen LogP) is 4.37. The van der Waals surface area contributed by atoms with Gasteiger partial charge in [0.15, 0.2) is 5.78 Å². The number of ketones is 1. The summed E-state index contributed by atoms with van der Waals surface area (Å²) >= 11 is 6.16. The molecular weight excluding hydrogens is 358 g/mol. The van der Waals surface area contributed by atoms with E-state index in [1.165, 1.54) is 11.3 Å². The van der Waals surface area contributed by atoms with E-state index in [1.807, 2.05) is 30.3 Å². The van der Waals surface area contributed by atoms with Gasteiger partial charge in [0, 0.05) is 31.1 Å². The molecule has 0 aromatic heterocycles. The Morgan fingerprint density at radius 1 is 1.04 bits per heavy atom. The van der Waals surface area contributed by atoms with E-state index in [4.69, 9.17) is 11.6 Å². The van der Waals surface area contributed by atoms with Gasteiger partial charge in [-0.15, -0.1) is 0 Å². The van der Waals surface area contributed by atoms with Crippen molar-refractivity contribution in [2.45, 2.75) is 25.7 Å². The highest BCUT2D eigenvalue weighted by molar-refractivity contribution is 6.31. The van der Waals surface area contributed by atoms with Gasteiger partial charge in [-0.3, -0.25) is 4.79 Å². The normalized spacial score (nSPS) is 13.1. The number of hydrogen-bond acceptors (Lipinski definition) is 4. The Hall–Kier alpha value is -2.04. The Kier molecular flexibility index (Phi) is 6.75. The molecule has 0 bridgehead atoms. The Balaban J connectivity index is 1.36. The van der Waals surface area contributed by atoms with Crippen LogP contribution in [0.1, 0.15) is 35.2 Å². The van der Waals surface area contributed by atoms with Crippen molar-refractivity contribution in [1.82, 2.24) is 5.32 Å². The van der Waals surface area contributed by atoms with Gasteiger partial charge in [-0.2, -0.15) is 0 Å². The fourth-order valence-corrected chi connectivity index (χ4v) is 3.76. The molecule has 0 fully saturated rings. The standard InChI is InChI=1S/C22H28ClN3O/c1-25-16-26(2)21-15-18(10-11-20(21)25)22(27)9-5-6-13-24-14-12-17-7-3-4-8-19(17)23/h3-4,7-8,10-11,15,24H,5-6,9,12-14,16H2,1-2H3. The number of nitrogens with zero attached hydrogens (tertiary/aromatic N) is 2. The fraction of sp³-hybridized carbons (Fsp3) is 0.409. The molecule has 0 saturated heterocycles. The maximum absolute atomic E-state index is 12.5. The van der Waals surface area contributed by atoms with Gasteiger partial charge in [0.2, 0.25) is 0 Å². The summed E-state index contributed by atoms with van der Waals surface area (Å²) < 4.78 is 0. The second kappa shape index (κ2) is 9.25. The van der Waals surface area contributed by atoms with Crippen LogP contribution in [0.2, 0.25) is 5.02 Å². The van der Waals surface area contributed by atoms with Crippen LogP contribution in [0, 0.1) is 0 Å². The summed E-state index contributed by atoms with van der Waals surface area (Å²) in [5.74, 6) is 0.233. The molecule has 1 heterocycles. The van der Waals surface area contributed by atoms with Crippen LogP contribution in [0.3, 0.4) is 0 Å². The SMILES string of the molecule is CN1CN(C)c2cc(C(=O)CCCCNCCc3ccccc3Cl)ccc21. The fourth-order valence-electron chi connectivity index (χ4n) is 3.53. The van der Waals surface area contributed by atoms with Crippen LogP contribution < -0.4 is 15.1 Å². The number of fused-ring (bicyclic) bond motifs is 1. The molecule has 0 aliphatic carbocycles. The zero-order valence-corrected chi connectivity index (χ0v) is 16.9. The van der Waals surface area contributed by atoms with Crippen LogP contribution in [0.15, 0.2) is 42.5 Å². The van der Waals surface area contributed by atoms with Crippen molar-refractivity contribution in [3.8, 4) is 0 Å². The second-order valence-corrected chi connectivity index (χ2v) is 7.62. The van der Waals surface area contributed by atoms with Gasteiger partial charge < -0.3 is 15.1 Å². The highest BCUT2D eigenvalue weighted by Crippen LogP contribution is 2.34. The third kappa shape index (κ3) is 5.02. The molecular formula is C22H28ClN3O. The highest BCUT2D eigenvalue weighted by Gasteiger charge is 2.21. The molecule has 27 heavy (non-hydrogen) atoms. The monoisotopic (exact) mass is 385 g/mol. The van der Waals surface area contributed by atoms with Crippen LogP contribution in [0.25, 0.3) is 0 Å². The Morgan fingerprint density at radius 3 is 2.63 bits per heavy atom. The number of halogens is 1. The van der Waals surface area contributed by atoms with Crippen LogP contribution in [-0.4, -0.2) is 39.6 Å². The lowest BCUT2D eigenvalue weighted by Crippen LogP contribution is -2.23. The Labute approximate surface area is 167 Å². The topological polar surface area (TPSA) is 35.6 Å². The van der Waals surface area contributed by atoms with Gasteiger partial charge in [0.1, 0.15) is 0 Å². The number of Topliss-reactive ketones (excluding diaryl/α,β-unsaturated/α-hetero) is 1. The van der Waals surface area contributed by atoms with E-state index >= 15 is 0 Å². The summed E-state index contributed by atoms with van der Waals surface area (Å²) in [5, 5.41) is 4.27. The first-order valence-electron chi connectivity index (χ1n) is 9.60. The first-order chi connectivity index (χ1) is 13.1. The number of anilines is 2. The van der Waals surface area contributed by atoms with Crippen molar-refractivity contribution in [3.63, 3.8) is 0 Å². The van der Waals surface area contributed by atoms with E-state index in [0.717, 1.165) is 55.3 Å². The van der Waals surface area contributed by atoms with Crippen molar-refractivity contribution in [2.75, 3.05) is 43.7 Å². The molecule has 3 rings (SSSR count). The van der Waals surface area contributed by atoms with Crippen LogP contribution in [0.5, 0.6) is 0 Å². The van der Waals surface area contributed by atoms with Gasteiger partial charge in [-0.1, -0.05) is 29.8 Å². The third-order valence-electron chi connectivity index (χ3n) is 5.08. The lowest BCUT2D eigenvalue weighted by Gasteiger charge is -2.12. The number of rotatable bonds is 9. The molecule has 0 unspecified atom stereocenters. The van der Waals surface area contributed by atoms with Gasteiger partial charge in [0.25, 0.3) is 0 Å². The molecule has 0 amide bonds. The molecule has 1 aliphatic heterocycles. The van der Waals surface area contributed by atoms with Crippen molar-refractivity contribution in [1.29, 1.82) is 0 Å². The van der Waals surface area contributed by atoms with Gasteiger partial charge >= 0.3 is 0 Å². The molecule has 0 radical (unpaired) electrons. The number of unbranched alkanes of at least 4 members (excludes halogenated alkanes) is 1. The van der Waals surface area contributed by atoms with Crippen LogP contribution in [-0.2, 0) is 6.42 Å². The molecule has 5 heteroatoms. The minimum absolute atomic E-state index is 0.233. The molecule has 0 spiro atoms. The Bertz CT molecular complexity index is 793. The first-order valence-corrected chi connectivity index (χ1v) is 9.97. The number of benzene rings is 2. The molecule has 4 nitrogen and oxygen atoms in total. The van der Waals surface area contributed by atoms with Gasteiger partial charge in [-0.25, -0.2) is 0 Å². The molecule has 2 aromatic rings. The molecule has 0 atom stereocenters. The van der Waals surface area contributed by atoms with Crippen molar-refractivity contribution < 1.29 is 4.79 Å². The van der Waals surface area contributed by atoms with Crippen LogP contribution in [0.4, 0.5) is 11.4 Å². The van der Waals surface area contributed by atoms with Gasteiger partial charge in [-0.05, 0) is 62.2 Å². The van der Waals surface area contributed by atoms with Crippen molar-refractivity contribution in [2.24, 2.45) is 0 Å². The largest absolute Gasteiger partial charge is 0.355 e. The van der Waals surface area contributed by atoms with E-state index < -0.39 is 0 Å². The van der Waals surface area contributed by atoms with Gasteiger partial charge in [0.05, 0.1) is 18.0 Å². The average molecular weight is 386 g/mol. The quantitative estimate of drug-likeness (QED) is 0.513. The lowest BCUT2D eigenvalue weighted by atomic mass is 10.0. The van der Waals surface area contributed by atoms with E-state index in [2.05, 4.69) is 41.3 Å². The number of nitrogens with one attached hydrogen (secondary N) is 1. The second-order valence-electron chi connectivity index (χ2n) is 7.21. The number of hydrogen-bond donors (Lipinski definition) is 1. The third-order valence-corrected chi connectivity index (χ3v) is 5.45. The van der Waals surface area contributed by atoms with E-state index in [1.54, 1.807) is 0 Å². The van der Waals surface area contributed by atoms with E-state index in [0.29, 0.717) is 6.42 Å². The number of carbonyl (C=O) groups excluding carboxylic acids is 1. The molecule has 0 saturated carbocycles. The van der Waals surface area contributed by atoms with E-state index in [9.17, 15) is 4.79 Å². The lowest BCUT2D eigenvalue weighted by molar-refractivity contribution is 0.0979. The maximum Gasteiger partial charge on any atom is 0.162 e. The van der Waals surface area contributed by atoms with E-state index in [-0.39, 0.29) is 5.78 Å². The smallest absolute Gasteiger partial charge is 0.162 e. The summed E-state index contributed by atoms with van der Waals surface area (Å²) in [6, 6.07) is 14.0. The summed E-state index contributed by atoms with van der Waals surface area (Å²) in [4.78, 5) is 16.8. The number of carbonyl (C=O) groups is 1. The first kappa shape index (κ1) is 19.7. The summed E-state index contributed by atoms with van der Waals surface area (Å²) in [6.07, 6.45) is 3.44. The van der Waals surface area contributed by atoms with Crippen molar-refractivity contribution in [3.05, 3.63) is 58.6 Å². The minimum Gasteiger partial charge on any atom is -0.355 e. The molecule has 2 aromatic carbocycles.